The van der Waals surface area contributed by atoms with E-state index >= 15 is 0 Å². The average molecular weight is 587 g/mol. The number of nitrogens with one attached hydrogen (secondary N) is 1. The minimum absolute atomic E-state index is 0.0943. The molecule has 212 valence electrons. The summed E-state index contributed by atoms with van der Waals surface area (Å²) in [6.45, 7) is 4.69. The predicted molar refractivity (Wildman–Crippen MR) is 159 cm³/mol. The Bertz CT molecular complexity index is 1340. The van der Waals surface area contributed by atoms with Gasteiger partial charge in [-0.3, -0.25) is 14.5 Å². The van der Waals surface area contributed by atoms with Crippen molar-refractivity contribution in [2.24, 2.45) is 0 Å². The lowest BCUT2D eigenvalue weighted by Crippen LogP contribution is -2.35. The standard InChI is InChI=1S/C29H33Cl2N5O4/c1-6-26(37)34-22-11-8-7-10-19(22)14-20-15-25(33-18-32-20)36(13-9-12-35(2)3)27(38)16-21-28(30)23(39-4)17-24(40-5)29(21)31/h6-8,10-11,15,17-18H,1,9,12-14,16H2,2-5H3,(H,34,37). The van der Waals surface area contributed by atoms with E-state index in [1.165, 1.54) is 26.6 Å². The molecule has 2 aromatic carbocycles. The summed E-state index contributed by atoms with van der Waals surface area (Å²) < 4.78 is 10.7. The second-order valence-electron chi connectivity index (χ2n) is 9.16. The maximum Gasteiger partial charge on any atom is 0.247 e. The Hall–Kier alpha value is -3.66. The molecule has 0 aliphatic rings. The van der Waals surface area contributed by atoms with Crippen molar-refractivity contribution in [3.63, 3.8) is 0 Å². The highest BCUT2D eigenvalue weighted by molar-refractivity contribution is 6.38. The number of amides is 2. The molecule has 3 aromatic rings. The van der Waals surface area contributed by atoms with Gasteiger partial charge < -0.3 is 19.7 Å². The number of carbonyl (C=O) groups is 2. The number of carbonyl (C=O) groups excluding carboxylic acids is 2. The normalized spacial score (nSPS) is 10.8. The van der Waals surface area contributed by atoms with Crippen LogP contribution in [0.5, 0.6) is 11.5 Å². The maximum atomic E-state index is 13.8. The first-order valence-electron chi connectivity index (χ1n) is 12.5. The quantitative estimate of drug-likeness (QED) is 0.280. The van der Waals surface area contributed by atoms with Crippen molar-refractivity contribution in [1.29, 1.82) is 0 Å². The third-order valence-corrected chi connectivity index (χ3v) is 6.93. The topological polar surface area (TPSA) is 96.9 Å². The number of halogens is 2. The zero-order chi connectivity index (χ0) is 29.2. The third kappa shape index (κ3) is 7.94. The molecule has 0 radical (unpaired) electrons. The molecule has 0 aliphatic carbocycles. The van der Waals surface area contributed by atoms with E-state index in [0.717, 1.165) is 12.1 Å². The van der Waals surface area contributed by atoms with E-state index in [9.17, 15) is 9.59 Å². The summed E-state index contributed by atoms with van der Waals surface area (Å²) in [5.74, 6) is 0.609. The number of hydrogen-bond donors (Lipinski definition) is 1. The van der Waals surface area contributed by atoms with Crippen molar-refractivity contribution in [2.75, 3.05) is 51.6 Å². The molecule has 1 N–H and O–H groups in total. The van der Waals surface area contributed by atoms with E-state index in [1.54, 1.807) is 17.0 Å². The number of nitrogens with zero attached hydrogens (tertiary/aromatic N) is 4. The van der Waals surface area contributed by atoms with E-state index in [1.807, 2.05) is 43.3 Å². The molecule has 0 saturated heterocycles. The largest absolute Gasteiger partial charge is 0.495 e. The van der Waals surface area contributed by atoms with Gasteiger partial charge in [-0.1, -0.05) is 48.0 Å². The van der Waals surface area contributed by atoms with Crippen molar-refractivity contribution in [3.8, 4) is 11.5 Å². The second-order valence-corrected chi connectivity index (χ2v) is 9.92. The Balaban J connectivity index is 1.94. The molecule has 11 heteroatoms. The summed E-state index contributed by atoms with van der Waals surface area (Å²) in [7, 11) is 6.91. The fraction of sp³-hybridized carbons (Fsp3) is 0.310. The van der Waals surface area contributed by atoms with Crippen LogP contribution in [0.2, 0.25) is 10.0 Å². The van der Waals surface area contributed by atoms with Crippen LogP contribution in [-0.2, 0) is 22.4 Å². The minimum Gasteiger partial charge on any atom is -0.495 e. The molecule has 1 heterocycles. The number of methoxy groups -OCH3 is 2. The number of benzene rings is 2. The Labute approximate surface area is 244 Å². The van der Waals surface area contributed by atoms with Gasteiger partial charge in [0, 0.05) is 36.3 Å². The monoisotopic (exact) mass is 585 g/mol. The van der Waals surface area contributed by atoms with Crippen molar-refractivity contribution >= 4 is 46.5 Å². The first-order chi connectivity index (χ1) is 19.2. The Morgan fingerprint density at radius 2 is 1.70 bits per heavy atom. The fourth-order valence-electron chi connectivity index (χ4n) is 4.06. The molecule has 0 unspecified atom stereocenters. The van der Waals surface area contributed by atoms with E-state index in [2.05, 4.69) is 21.9 Å². The summed E-state index contributed by atoms with van der Waals surface area (Å²) in [4.78, 5) is 38.2. The Morgan fingerprint density at radius 1 is 1.02 bits per heavy atom. The molecule has 0 saturated carbocycles. The van der Waals surface area contributed by atoms with Gasteiger partial charge in [-0.25, -0.2) is 9.97 Å². The highest BCUT2D eigenvalue weighted by Gasteiger charge is 2.24. The number of anilines is 2. The minimum atomic E-state index is -0.306. The first kappa shape index (κ1) is 30.9. The highest BCUT2D eigenvalue weighted by Crippen LogP contribution is 2.41. The van der Waals surface area contributed by atoms with Crippen LogP contribution >= 0.6 is 23.2 Å². The van der Waals surface area contributed by atoms with Crippen LogP contribution in [0.3, 0.4) is 0 Å². The number of para-hydroxylation sites is 1. The molecular weight excluding hydrogens is 553 g/mol. The van der Waals surface area contributed by atoms with Crippen LogP contribution in [0.15, 0.2) is 55.4 Å². The summed E-state index contributed by atoms with van der Waals surface area (Å²) in [5, 5.41) is 3.31. The van der Waals surface area contributed by atoms with Gasteiger partial charge in [0.1, 0.15) is 23.6 Å². The van der Waals surface area contributed by atoms with Gasteiger partial charge >= 0.3 is 0 Å². The van der Waals surface area contributed by atoms with Crippen molar-refractivity contribution in [2.45, 2.75) is 19.3 Å². The van der Waals surface area contributed by atoms with E-state index in [0.29, 0.717) is 53.6 Å². The molecule has 3 rings (SSSR count). The summed E-state index contributed by atoms with van der Waals surface area (Å²) >= 11 is 13.1. The number of rotatable bonds is 13. The fourth-order valence-corrected chi connectivity index (χ4v) is 4.69. The number of hydrogen-bond acceptors (Lipinski definition) is 7. The lowest BCUT2D eigenvalue weighted by molar-refractivity contribution is -0.118. The van der Waals surface area contributed by atoms with E-state index in [-0.39, 0.29) is 28.3 Å². The molecular formula is C29H33Cl2N5O4. The molecule has 0 bridgehead atoms. The van der Waals surface area contributed by atoms with Crippen molar-refractivity contribution < 1.29 is 19.1 Å². The molecule has 2 amide bonds. The van der Waals surface area contributed by atoms with Gasteiger partial charge in [-0.2, -0.15) is 0 Å². The van der Waals surface area contributed by atoms with Crippen LogP contribution < -0.4 is 19.7 Å². The highest BCUT2D eigenvalue weighted by atomic mass is 35.5. The van der Waals surface area contributed by atoms with Gasteiger partial charge in [0.15, 0.2) is 0 Å². The zero-order valence-electron chi connectivity index (χ0n) is 23.0. The smallest absolute Gasteiger partial charge is 0.247 e. The van der Waals surface area contributed by atoms with Crippen molar-refractivity contribution in [1.82, 2.24) is 14.9 Å². The molecule has 0 fully saturated rings. The zero-order valence-corrected chi connectivity index (χ0v) is 24.6. The van der Waals surface area contributed by atoms with Crippen LogP contribution in [0.25, 0.3) is 0 Å². The van der Waals surface area contributed by atoms with Gasteiger partial charge in [0.2, 0.25) is 11.8 Å². The van der Waals surface area contributed by atoms with Crippen LogP contribution in [0.4, 0.5) is 11.5 Å². The summed E-state index contributed by atoms with van der Waals surface area (Å²) in [6, 6.07) is 10.8. The van der Waals surface area contributed by atoms with Crippen LogP contribution in [-0.4, -0.2) is 68.1 Å². The maximum absolute atomic E-state index is 13.8. The van der Waals surface area contributed by atoms with Gasteiger partial charge in [0.25, 0.3) is 0 Å². The molecule has 0 atom stereocenters. The van der Waals surface area contributed by atoms with E-state index in [4.69, 9.17) is 32.7 Å². The van der Waals surface area contributed by atoms with Crippen molar-refractivity contribution in [3.05, 3.63) is 82.2 Å². The molecule has 40 heavy (non-hydrogen) atoms. The van der Waals surface area contributed by atoms with Gasteiger partial charge in [0.05, 0.1) is 36.4 Å². The lowest BCUT2D eigenvalue weighted by Gasteiger charge is -2.24. The van der Waals surface area contributed by atoms with Crippen LogP contribution in [0, 0.1) is 0 Å². The second kappa shape index (κ2) is 14.6. The molecule has 0 aliphatic heterocycles. The first-order valence-corrected chi connectivity index (χ1v) is 13.3. The number of aromatic nitrogens is 2. The summed E-state index contributed by atoms with van der Waals surface area (Å²) in [5.41, 5.74) is 2.59. The molecule has 1 aromatic heterocycles. The average Bonchev–Trinajstić information content (AvgIpc) is 2.94. The van der Waals surface area contributed by atoms with E-state index < -0.39 is 0 Å². The third-order valence-electron chi connectivity index (χ3n) is 6.10. The Kier molecular flexibility index (Phi) is 11.3. The molecule has 0 spiro atoms. The SMILES string of the molecule is C=CC(=O)Nc1ccccc1Cc1cc(N(CCCN(C)C)C(=O)Cc2c(Cl)c(OC)cc(OC)c2Cl)ncn1. The Morgan fingerprint density at radius 3 is 2.33 bits per heavy atom. The molecule has 9 nitrogen and oxygen atoms in total. The lowest BCUT2D eigenvalue weighted by atomic mass is 10.1. The van der Waals surface area contributed by atoms with Crippen LogP contribution in [0.1, 0.15) is 23.2 Å². The van der Waals surface area contributed by atoms with Gasteiger partial charge in [-0.05, 0) is 44.8 Å². The number of ether oxygens (including phenoxy) is 2. The summed E-state index contributed by atoms with van der Waals surface area (Å²) in [6.07, 6.45) is 3.66. The van der Waals surface area contributed by atoms with Gasteiger partial charge in [-0.15, -0.1) is 0 Å². The predicted octanol–water partition coefficient (Wildman–Crippen LogP) is 5.04.